The van der Waals surface area contributed by atoms with Gasteiger partial charge in [-0.15, -0.1) is 0 Å². The molecule has 6 heteroatoms. The molecule has 0 aromatic heterocycles. The Kier molecular flexibility index (Phi) is 5.37. The molecule has 17 heavy (non-hydrogen) atoms. The van der Waals surface area contributed by atoms with Gasteiger partial charge in [0.05, 0.1) is 12.5 Å². The minimum atomic E-state index is -0.833. The van der Waals surface area contributed by atoms with Crippen LogP contribution in [-0.2, 0) is 9.59 Å². The second-order valence-electron chi connectivity index (χ2n) is 4.40. The molecule has 98 valence electrons. The summed E-state index contributed by atoms with van der Waals surface area (Å²) < 4.78 is 0. The van der Waals surface area contributed by atoms with Crippen LogP contribution in [0.3, 0.4) is 0 Å². The molecule has 2 aliphatic rings. The Morgan fingerprint density at radius 1 is 1.41 bits per heavy atom. The van der Waals surface area contributed by atoms with Crippen LogP contribution >= 0.6 is 0 Å². The second kappa shape index (κ2) is 6.56. The lowest BCUT2D eigenvalue weighted by molar-refractivity contribution is -0.134. The van der Waals surface area contributed by atoms with Gasteiger partial charge in [0.25, 0.3) is 5.97 Å². The third-order valence-corrected chi connectivity index (χ3v) is 2.89. The first-order valence-electron chi connectivity index (χ1n) is 5.88. The van der Waals surface area contributed by atoms with Crippen LogP contribution in [0, 0.1) is 0 Å². The number of aliphatic carboxylic acids is 1. The SMILES string of the molecule is CC(=O)O.O=C1C[C@@H](O)CN1C1CCNCC1. The molecule has 0 aromatic rings. The van der Waals surface area contributed by atoms with Crippen LogP contribution in [0.2, 0.25) is 0 Å². The molecule has 0 bridgehead atoms. The number of hydrogen-bond acceptors (Lipinski definition) is 4. The molecular weight excluding hydrogens is 224 g/mol. The number of aliphatic hydroxyl groups excluding tert-OH is 1. The smallest absolute Gasteiger partial charge is 0.300 e. The molecule has 2 fully saturated rings. The lowest BCUT2D eigenvalue weighted by atomic mass is 10.1. The zero-order valence-electron chi connectivity index (χ0n) is 10.1. The zero-order valence-corrected chi connectivity index (χ0v) is 10.1. The molecule has 0 saturated carbocycles. The highest BCUT2D eigenvalue weighted by atomic mass is 16.4. The van der Waals surface area contributed by atoms with Crippen molar-refractivity contribution in [3.63, 3.8) is 0 Å². The number of carbonyl (C=O) groups is 2. The summed E-state index contributed by atoms with van der Waals surface area (Å²) in [5, 5.41) is 20.0. The first-order chi connectivity index (χ1) is 8.00. The molecule has 2 aliphatic heterocycles. The molecular formula is C11H20N2O4. The van der Waals surface area contributed by atoms with Gasteiger partial charge in [0.1, 0.15) is 0 Å². The van der Waals surface area contributed by atoms with Crippen molar-refractivity contribution in [1.29, 1.82) is 0 Å². The van der Waals surface area contributed by atoms with Crippen LogP contribution in [0.5, 0.6) is 0 Å². The first kappa shape index (κ1) is 13.9. The highest BCUT2D eigenvalue weighted by Crippen LogP contribution is 2.19. The molecule has 2 saturated heterocycles. The van der Waals surface area contributed by atoms with Gasteiger partial charge >= 0.3 is 0 Å². The van der Waals surface area contributed by atoms with Gasteiger partial charge in [0, 0.05) is 19.5 Å². The average molecular weight is 244 g/mol. The molecule has 6 nitrogen and oxygen atoms in total. The van der Waals surface area contributed by atoms with Gasteiger partial charge in [-0.3, -0.25) is 9.59 Å². The van der Waals surface area contributed by atoms with E-state index in [-0.39, 0.29) is 5.91 Å². The number of hydrogen-bond donors (Lipinski definition) is 3. The second-order valence-corrected chi connectivity index (χ2v) is 4.40. The van der Waals surface area contributed by atoms with Crippen LogP contribution in [-0.4, -0.2) is 58.8 Å². The van der Waals surface area contributed by atoms with E-state index in [1.807, 2.05) is 4.90 Å². The van der Waals surface area contributed by atoms with E-state index in [0.29, 0.717) is 19.0 Å². The minimum absolute atomic E-state index is 0.124. The van der Waals surface area contributed by atoms with Gasteiger partial charge in [0.2, 0.25) is 5.91 Å². The average Bonchev–Trinajstić information content (AvgIpc) is 2.58. The van der Waals surface area contributed by atoms with Crippen molar-refractivity contribution in [2.24, 2.45) is 0 Å². The van der Waals surface area contributed by atoms with E-state index in [0.717, 1.165) is 32.9 Å². The lowest BCUT2D eigenvalue weighted by Crippen LogP contribution is -2.44. The zero-order chi connectivity index (χ0) is 12.8. The number of likely N-dealkylation sites (tertiary alicyclic amines) is 1. The Bertz CT molecular complexity index is 273. The van der Waals surface area contributed by atoms with Crippen LogP contribution < -0.4 is 5.32 Å². The minimum Gasteiger partial charge on any atom is -0.481 e. The summed E-state index contributed by atoms with van der Waals surface area (Å²) in [4.78, 5) is 22.3. The monoisotopic (exact) mass is 244 g/mol. The third kappa shape index (κ3) is 4.70. The van der Waals surface area contributed by atoms with Gasteiger partial charge in [-0.05, 0) is 25.9 Å². The maximum Gasteiger partial charge on any atom is 0.300 e. The summed E-state index contributed by atoms with van der Waals surface area (Å²) in [6.45, 7) is 3.61. The lowest BCUT2D eigenvalue weighted by Gasteiger charge is -2.31. The summed E-state index contributed by atoms with van der Waals surface area (Å²) in [7, 11) is 0. The fraction of sp³-hybridized carbons (Fsp3) is 0.818. The number of carbonyl (C=O) groups excluding carboxylic acids is 1. The van der Waals surface area contributed by atoms with E-state index in [2.05, 4.69) is 5.32 Å². The predicted octanol–water partition coefficient (Wildman–Crippen LogP) is -0.577. The number of rotatable bonds is 1. The van der Waals surface area contributed by atoms with Crippen LogP contribution in [0.15, 0.2) is 0 Å². The molecule has 0 unspecified atom stereocenters. The molecule has 0 spiro atoms. The highest BCUT2D eigenvalue weighted by molar-refractivity contribution is 5.79. The molecule has 0 aromatic carbocycles. The molecule has 1 atom stereocenters. The van der Waals surface area contributed by atoms with Gasteiger partial charge in [-0.25, -0.2) is 0 Å². The molecule has 2 heterocycles. The maximum atomic E-state index is 11.4. The number of amides is 1. The molecule has 0 aliphatic carbocycles. The van der Waals surface area contributed by atoms with E-state index in [4.69, 9.17) is 9.90 Å². The predicted molar refractivity (Wildman–Crippen MR) is 61.5 cm³/mol. The van der Waals surface area contributed by atoms with Gasteiger partial charge in [-0.1, -0.05) is 0 Å². The summed E-state index contributed by atoms with van der Waals surface area (Å²) in [6.07, 6.45) is 1.95. The van der Waals surface area contributed by atoms with Crippen LogP contribution in [0.25, 0.3) is 0 Å². The van der Waals surface area contributed by atoms with E-state index in [1.54, 1.807) is 0 Å². The van der Waals surface area contributed by atoms with Crippen LogP contribution in [0.4, 0.5) is 0 Å². The standard InChI is InChI=1S/C9H16N2O2.C2H4O2/c12-8-5-9(13)11(6-8)7-1-3-10-4-2-7;1-2(3)4/h7-8,10,12H,1-6H2;1H3,(H,3,4)/t8-;/m1./s1. The summed E-state index contributed by atoms with van der Waals surface area (Å²) in [6, 6.07) is 0.367. The fourth-order valence-electron chi connectivity index (χ4n) is 2.18. The van der Waals surface area contributed by atoms with Crippen molar-refractivity contribution < 1.29 is 19.8 Å². The van der Waals surface area contributed by atoms with Crippen molar-refractivity contribution >= 4 is 11.9 Å². The molecule has 2 rings (SSSR count). The molecule has 3 N–H and O–H groups in total. The van der Waals surface area contributed by atoms with Crippen molar-refractivity contribution in [3.05, 3.63) is 0 Å². The van der Waals surface area contributed by atoms with Crippen molar-refractivity contribution in [3.8, 4) is 0 Å². The summed E-state index contributed by atoms with van der Waals surface area (Å²) >= 11 is 0. The van der Waals surface area contributed by atoms with Gasteiger partial charge in [0.15, 0.2) is 0 Å². The van der Waals surface area contributed by atoms with Crippen LogP contribution in [0.1, 0.15) is 26.2 Å². The Morgan fingerprint density at radius 3 is 2.35 bits per heavy atom. The number of aliphatic hydroxyl groups is 1. The Hall–Kier alpha value is -1.14. The Labute approximate surface area is 101 Å². The Balaban J connectivity index is 0.000000317. The summed E-state index contributed by atoms with van der Waals surface area (Å²) in [5.41, 5.74) is 0. The number of carboxylic acid groups (broad SMARTS) is 1. The maximum absolute atomic E-state index is 11.4. The van der Waals surface area contributed by atoms with E-state index in [9.17, 15) is 9.90 Å². The normalized spacial score (nSPS) is 25.4. The number of carboxylic acids is 1. The molecule has 1 amide bonds. The number of piperidine rings is 1. The van der Waals surface area contributed by atoms with Crippen molar-refractivity contribution in [1.82, 2.24) is 10.2 Å². The van der Waals surface area contributed by atoms with E-state index < -0.39 is 12.1 Å². The summed E-state index contributed by atoms with van der Waals surface area (Å²) in [5.74, 6) is -0.709. The first-order valence-corrected chi connectivity index (χ1v) is 5.88. The van der Waals surface area contributed by atoms with E-state index >= 15 is 0 Å². The Morgan fingerprint density at radius 2 is 1.94 bits per heavy atom. The van der Waals surface area contributed by atoms with Crippen molar-refractivity contribution in [2.45, 2.75) is 38.3 Å². The molecule has 0 radical (unpaired) electrons. The quantitative estimate of drug-likeness (QED) is 0.574. The topological polar surface area (TPSA) is 89.9 Å². The van der Waals surface area contributed by atoms with Gasteiger partial charge in [-0.2, -0.15) is 0 Å². The van der Waals surface area contributed by atoms with Gasteiger partial charge < -0.3 is 20.4 Å². The number of nitrogens with one attached hydrogen (secondary N) is 1. The third-order valence-electron chi connectivity index (χ3n) is 2.89. The largest absolute Gasteiger partial charge is 0.481 e. The highest BCUT2D eigenvalue weighted by Gasteiger charge is 2.33. The van der Waals surface area contributed by atoms with Crippen molar-refractivity contribution in [2.75, 3.05) is 19.6 Å². The fourth-order valence-corrected chi connectivity index (χ4v) is 2.18. The van der Waals surface area contributed by atoms with E-state index in [1.165, 1.54) is 0 Å². The number of β-amino-alcohol motifs (C(OH)–C–C–N with tert-alkyl or cyclic N) is 1. The number of nitrogens with zero attached hydrogens (tertiary/aromatic N) is 1.